The van der Waals surface area contributed by atoms with E-state index in [-0.39, 0.29) is 5.91 Å². The summed E-state index contributed by atoms with van der Waals surface area (Å²) in [6.07, 6.45) is 2.29. The lowest BCUT2D eigenvalue weighted by molar-refractivity contribution is -0.117. The molecule has 1 heterocycles. The summed E-state index contributed by atoms with van der Waals surface area (Å²) in [5.74, 6) is -0.0793. The first-order chi connectivity index (χ1) is 5.24. The number of likely N-dealkylation sites (N-methyl/N-ethyl adjacent to an activating group) is 1. The van der Waals surface area contributed by atoms with Gasteiger partial charge >= 0.3 is 0 Å². The number of hydrogen-bond donors (Lipinski definition) is 3. The molecule has 0 aromatic rings. The van der Waals surface area contributed by atoms with Crippen molar-refractivity contribution in [1.82, 2.24) is 10.6 Å². The Balaban J connectivity index is 2.54. The average molecular weight is 156 g/mol. The van der Waals surface area contributed by atoms with E-state index >= 15 is 0 Å². The number of amides is 1. The molecule has 0 fully saturated rings. The Hall–Kier alpha value is -1.03. The zero-order chi connectivity index (χ0) is 8.27. The third-order valence-electron chi connectivity index (χ3n) is 1.66. The van der Waals surface area contributed by atoms with Gasteiger partial charge in [-0.25, -0.2) is 0 Å². The fourth-order valence-corrected chi connectivity index (χ4v) is 0.984. The van der Waals surface area contributed by atoms with Gasteiger partial charge in [-0.05, 0) is 12.8 Å². The monoisotopic (exact) mass is 156 g/mol. The van der Waals surface area contributed by atoms with Crippen LogP contribution in [0.4, 0.5) is 0 Å². The highest BCUT2D eigenvalue weighted by atomic mass is 16.3. The van der Waals surface area contributed by atoms with Crippen molar-refractivity contribution >= 4 is 5.91 Å². The molecule has 0 saturated heterocycles. The van der Waals surface area contributed by atoms with Crippen LogP contribution in [0.2, 0.25) is 0 Å². The molecule has 0 aliphatic carbocycles. The third kappa shape index (κ3) is 1.94. The Morgan fingerprint density at radius 1 is 1.91 bits per heavy atom. The van der Waals surface area contributed by atoms with Gasteiger partial charge in [-0.1, -0.05) is 0 Å². The maximum Gasteiger partial charge on any atom is 0.248 e. The van der Waals surface area contributed by atoms with Crippen molar-refractivity contribution in [2.24, 2.45) is 0 Å². The molecule has 0 saturated carbocycles. The van der Waals surface area contributed by atoms with Crippen molar-refractivity contribution in [3.05, 3.63) is 11.8 Å². The van der Waals surface area contributed by atoms with Gasteiger partial charge in [0.05, 0.1) is 0 Å². The molecule has 0 radical (unpaired) electrons. The molecule has 4 nitrogen and oxygen atoms in total. The summed E-state index contributed by atoms with van der Waals surface area (Å²) in [4.78, 5) is 11.0. The predicted octanol–water partition coefficient (Wildman–Crippen LogP) is -0.682. The zero-order valence-electron chi connectivity index (χ0n) is 6.42. The van der Waals surface area contributed by atoms with Gasteiger partial charge < -0.3 is 15.7 Å². The van der Waals surface area contributed by atoms with Crippen molar-refractivity contribution in [2.75, 3.05) is 7.05 Å². The summed E-state index contributed by atoms with van der Waals surface area (Å²) in [6, 6.07) is 0. The highest BCUT2D eigenvalue weighted by Gasteiger charge is 2.14. The van der Waals surface area contributed by atoms with Crippen molar-refractivity contribution < 1.29 is 9.90 Å². The van der Waals surface area contributed by atoms with Gasteiger partial charge in [0.1, 0.15) is 6.23 Å². The molecule has 1 unspecified atom stereocenters. The lowest BCUT2D eigenvalue weighted by Crippen LogP contribution is -2.32. The van der Waals surface area contributed by atoms with Crippen molar-refractivity contribution in [1.29, 1.82) is 0 Å². The van der Waals surface area contributed by atoms with Crippen LogP contribution in [-0.2, 0) is 4.79 Å². The highest BCUT2D eigenvalue weighted by Crippen LogP contribution is 2.10. The van der Waals surface area contributed by atoms with Crippen LogP contribution in [0.1, 0.15) is 12.8 Å². The minimum absolute atomic E-state index is 0.0793. The molecule has 4 heteroatoms. The van der Waals surface area contributed by atoms with Gasteiger partial charge in [-0.15, -0.1) is 0 Å². The normalized spacial score (nSPS) is 23.5. The number of aliphatic hydroxyl groups is 1. The van der Waals surface area contributed by atoms with Crippen LogP contribution in [0.5, 0.6) is 0 Å². The lowest BCUT2D eigenvalue weighted by atomic mass is 10.1. The molecule has 1 rings (SSSR count). The highest BCUT2D eigenvalue weighted by molar-refractivity contribution is 5.93. The Morgan fingerprint density at radius 2 is 2.64 bits per heavy atom. The molecule has 1 aliphatic heterocycles. The summed E-state index contributed by atoms with van der Waals surface area (Å²) < 4.78 is 0. The van der Waals surface area contributed by atoms with E-state index in [9.17, 15) is 4.79 Å². The molecule has 1 amide bonds. The van der Waals surface area contributed by atoms with Crippen LogP contribution in [0.15, 0.2) is 11.8 Å². The maximum absolute atomic E-state index is 11.0. The molecule has 1 atom stereocenters. The first kappa shape index (κ1) is 8.07. The van der Waals surface area contributed by atoms with E-state index in [1.54, 1.807) is 13.2 Å². The standard InChI is InChI=1S/C7H12N2O2/c1-8-7(11)5-2-3-6(10)9-4-5/h4,6,9-10H,2-3H2,1H3,(H,8,11). The van der Waals surface area contributed by atoms with Gasteiger partial charge in [-0.2, -0.15) is 0 Å². The second kappa shape index (κ2) is 3.39. The number of hydrogen-bond acceptors (Lipinski definition) is 3. The SMILES string of the molecule is CNC(=O)C1=CNC(O)CC1. The van der Waals surface area contributed by atoms with Crippen LogP contribution in [-0.4, -0.2) is 24.3 Å². The van der Waals surface area contributed by atoms with Crippen molar-refractivity contribution in [3.63, 3.8) is 0 Å². The molecule has 11 heavy (non-hydrogen) atoms. The van der Waals surface area contributed by atoms with Gasteiger partial charge in [0.2, 0.25) is 5.91 Å². The number of carbonyl (C=O) groups is 1. The van der Waals surface area contributed by atoms with E-state index in [0.717, 1.165) is 0 Å². The third-order valence-corrected chi connectivity index (χ3v) is 1.66. The van der Waals surface area contributed by atoms with Gasteiger partial charge in [0, 0.05) is 18.8 Å². The summed E-state index contributed by atoms with van der Waals surface area (Å²) in [5, 5.41) is 14.2. The quantitative estimate of drug-likeness (QED) is 0.471. The molecule has 0 spiro atoms. The van der Waals surface area contributed by atoms with Gasteiger partial charge in [0.25, 0.3) is 0 Å². The second-order valence-electron chi connectivity index (χ2n) is 2.47. The molecular formula is C7H12N2O2. The van der Waals surface area contributed by atoms with Crippen LogP contribution >= 0.6 is 0 Å². The molecule has 1 aliphatic rings. The molecule has 3 N–H and O–H groups in total. The second-order valence-corrected chi connectivity index (χ2v) is 2.47. The molecule has 0 bridgehead atoms. The minimum Gasteiger partial charge on any atom is -0.374 e. The van der Waals surface area contributed by atoms with E-state index < -0.39 is 6.23 Å². The number of carbonyl (C=O) groups excluding carboxylic acids is 1. The van der Waals surface area contributed by atoms with Gasteiger partial charge in [-0.3, -0.25) is 4.79 Å². The number of rotatable bonds is 1. The summed E-state index contributed by atoms with van der Waals surface area (Å²) in [7, 11) is 1.59. The first-order valence-corrected chi connectivity index (χ1v) is 3.59. The van der Waals surface area contributed by atoms with E-state index in [4.69, 9.17) is 5.11 Å². The van der Waals surface area contributed by atoms with Crippen LogP contribution in [0, 0.1) is 0 Å². The molecule has 0 aromatic carbocycles. The van der Waals surface area contributed by atoms with Crippen LogP contribution in [0.25, 0.3) is 0 Å². The summed E-state index contributed by atoms with van der Waals surface area (Å²) in [5.41, 5.74) is 0.692. The number of nitrogens with one attached hydrogen (secondary N) is 2. The average Bonchev–Trinajstić information content (AvgIpc) is 2.05. The fourth-order valence-electron chi connectivity index (χ4n) is 0.984. The predicted molar refractivity (Wildman–Crippen MR) is 40.5 cm³/mol. The zero-order valence-corrected chi connectivity index (χ0v) is 6.42. The van der Waals surface area contributed by atoms with E-state index in [1.807, 2.05) is 0 Å². The maximum atomic E-state index is 11.0. The largest absolute Gasteiger partial charge is 0.374 e. The van der Waals surface area contributed by atoms with Crippen LogP contribution in [0.3, 0.4) is 0 Å². The number of aliphatic hydroxyl groups excluding tert-OH is 1. The summed E-state index contributed by atoms with van der Waals surface area (Å²) >= 11 is 0. The van der Waals surface area contributed by atoms with Crippen LogP contribution < -0.4 is 10.6 Å². The van der Waals surface area contributed by atoms with Crippen molar-refractivity contribution in [2.45, 2.75) is 19.1 Å². The Kier molecular flexibility index (Phi) is 2.48. The topological polar surface area (TPSA) is 61.4 Å². The molecule has 0 aromatic heterocycles. The van der Waals surface area contributed by atoms with E-state index in [0.29, 0.717) is 18.4 Å². The summed E-state index contributed by atoms with van der Waals surface area (Å²) in [6.45, 7) is 0. The molecule has 62 valence electrons. The Morgan fingerprint density at radius 3 is 3.09 bits per heavy atom. The van der Waals surface area contributed by atoms with Gasteiger partial charge in [0.15, 0.2) is 0 Å². The Labute approximate surface area is 65.3 Å². The smallest absolute Gasteiger partial charge is 0.248 e. The first-order valence-electron chi connectivity index (χ1n) is 3.59. The Bertz CT molecular complexity index is 189. The lowest BCUT2D eigenvalue weighted by Gasteiger charge is -2.18. The van der Waals surface area contributed by atoms with E-state index in [1.165, 1.54) is 0 Å². The fraction of sp³-hybridized carbons (Fsp3) is 0.571. The van der Waals surface area contributed by atoms with Crippen molar-refractivity contribution in [3.8, 4) is 0 Å². The molecular weight excluding hydrogens is 144 g/mol. The van der Waals surface area contributed by atoms with E-state index in [2.05, 4.69) is 10.6 Å². The minimum atomic E-state index is -0.497.